The lowest BCUT2D eigenvalue weighted by Crippen LogP contribution is -1.89. The molecule has 0 atom stereocenters. The van der Waals surface area contributed by atoms with Crippen molar-refractivity contribution >= 4 is 38.4 Å². The van der Waals surface area contributed by atoms with Crippen molar-refractivity contribution in [3.05, 3.63) is 124 Å². The fourth-order valence-electron chi connectivity index (χ4n) is 3.33. The van der Waals surface area contributed by atoms with E-state index in [1.165, 1.54) is 33.0 Å². The number of aryl methyl sites for hydroxylation is 1. The predicted molar refractivity (Wildman–Crippen MR) is 124 cm³/mol. The van der Waals surface area contributed by atoms with Gasteiger partial charge in [-0.3, -0.25) is 0 Å². The third kappa shape index (κ3) is 4.70. The van der Waals surface area contributed by atoms with Crippen LogP contribution in [-0.2, 0) is 6.42 Å². The molecule has 0 unspecified atom stereocenters. The lowest BCUT2D eigenvalue weighted by atomic mass is 9.98. The van der Waals surface area contributed by atoms with Crippen molar-refractivity contribution in [2.45, 2.75) is 12.8 Å². The summed E-state index contributed by atoms with van der Waals surface area (Å²) in [5, 5.41) is 2.52. The van der Waals surface area contributed by atoms with E-state index in [2.05, 4.69) is 125 Å². The molecule has 0 amide bonds. The molecule has 0 saturated carbocycles. The number of fused-ring (bicyclic) bond motifs is 1. The number of rotatable bonds is 5. The molecule has 28 heavy (non-hydrogen) atoms. The van der Waals surface area contributed by atoms with Crippen LogP contribution in [0.4, 0.5) is 0 Å². The number of hydrogen-bond acceptors (Lipinski definition) is 0. The minimum absolute atomic E-state index is 0.954. The molecule has 0 heterocycles. The molecule has 4 rings (SSSR count). The molecule has 0 nitrogen and oxygen atoms in total. The highest BCUT2D eigenvalue weighted by molar-refractivity contribution is 9.10. The molecule has 136 valence electrons. The summed E-state index contributed by atoms with van der Waals surface area (Å²) in [6.07, 6.45) is 4.06. The second-order valence-electron chi connectivity index (χ2n) is 6.87. The Bertz CT molecular complexity index is 1130. The Labute approximate surface area is 175 Å². The van der Waals surface area contributed by atoms with E-state index >= 15 is 0 Å². The molecule has 0 aromatic heterocycles. The maximum absolute atomic E-state index is 3.58. The maximum atomic E-state index is 3.58. The van der Waals surface area contributed by atoms with Gasteiger partial charge in [0.25, 0.3) is 0 Å². The second-order valence-corrected chi connectivity index (χ2v) is 7.78. The Morgan fingerprint density at radius 1 is 0.750 bits per heavy atom. The molecular formula is C27H21Br. The normalized spacial score (nSPS) is 10.5. The number of allylic oxidation sites excluding steroid dienone is 1. The van der Waals surface area contributed by atoms with Gasteiger partial charge in [-0.25, -0.2) is 0 Å². The van der Waals surface area contributed by atoms with Crippen LogP contribution in [0, 0.1) is 0 Å². The smallest absolute Gasteiger partial charge is 0.0175 e. The standard InChI is InChI=1S/C27H21Br/c28-27-18-16-25(17-19-27)24(13-10-21-6-2-1-3-7-21)15-12-22-11-14-23-8-4-5-9-26(23)20-22/h1-9,11-12,14,16-20H,10,13H2. The Morgan fingerprint density at radius 3 is 2.25 bits per heavy atom. The van der Waals surface area contributed by atoms with E-state index in [1.807, 2.05) is 0 Å². The molecule has 0 radical (unpaired) electrons. The average Bonchev–Trinajstić information content (AvgIpc) is 2.75. The van der Waals surface area contributed by atoms with Crippen LogP contribution in [-0.4, -0.2) is 0 Å². The van der Waals surface area contributed by atoms with Gasteiger partial charge in [0.15, 0.2) is 0 Å². The lowest BCUT2D eigenvalue weighted by Gasteiger charge is -2.06. The first-order valence-electron chi connectivity index (χ1n) is 9.52. The Hall–Kier alpha value is -2.86. The van der Waals surface area contributed by atoms with Crippen molar-refractivity contribution in [3.63, 3.8) is 0 Å². The van der Waals surface area contributed by atoms with Gasteiger partial charge >= 0.3 is 0 Å². The topological polar surface area (TPSA) is 0 Å². The van der Waals surface area contributed by atoms with Crippen LogP contribution < -0.4 is 0 Å². The summed E-state index contributed by atoms with van der Waals surface area (Å²) in [4.78, 5) is 0. The van der Waals surface area contributed by atoms with Crippen LogP contribution in [0.2, 0.25) is 0 Å². The van der Waals surface area contributed by atoms with Crippen LogP contribution in [0.1, 0.15) is 23.1 Å². The van der Waals surface area contributed by atoms with Crippen molar-refractivity contribution in [2.24, 2.45) is 0 Å². The van der Waals surface area contributed by atoms with Crippen molar-refractivity contribution in [3.8, 4) is 0 Å². The lowest BCUT2D eigenvalue weighted by molar-refractivity contribution is 1.02. The van der Waals surface area contributed by atoms with Crippen molar-refractivity contribution in [2.75, 3.05) is 0 Å². The number of benzene rings is 4. The average molecular weight is 425 g/mol. The third-order valence-corrected chi connectivity index (χ3v) is 5.41. The Kier molecular flexibility index (Phi) is 5.87. The monoisotopic (exact) mass is 424 g/mol. The van der Waals surface area contributed by atoms with Gasteiger partial charge < -0.3 is 0 Å². The van der Waals surface area contributed by atoms with Gasteiger partial charge in [0.2, 0.25) is 0 Å². The summed E-state index contributed by atoms with van der Waals surface area (Å²) in [7, 11) is 0. The fraction of sp³-hybridized carbons (Fsp3) is 0.0741. The molecular weight excluding hydrogens is 404 g/mol. The van der Waals surface area contributed by atoms with Gasteiger partial charge in [0.05, 0.1) is 0 Å². The predicted octanol–water partition coefficient (Wildman–Crippen LogP) is 7.93. The highest BCUT2D eigenvalue weighted by Gasteiger charge is 2.03. The summed E-state index contributed by atoms with van der Waals surface area (Å²) >= 11 is 3.53. The SMILES string of the molecule is Brc1ccc(C(=C=Cc2ccc3ccccc3c2)CCc2ccccc2)cc1. The Balaban J connectivity index is 1.67. The third-order valence-electron chi connectivity index (χ3n) is 4.89. The molecule has 0 N–H and O–H groups in total. The molecule has 0 aliphatic rings. The molecule has 0 saturated heterocycles. The van der Waals surface area contributed by atoms with E-state index in [4.69, 9.17) is 0 Å². The highest BCUT2D eigenvalue weighted by atomic mass is 79.9. The zero-order valence-corrected chi connectivity index (χ0v) is 17.2. The fourth-order valence-corrected chi connectivity index (χ4v) is 3.60. The molecule has 1 heteroatoms. The number of halogens is 1. The van der Waals surface area contributed by atoms with Gasteiger partial charge in [-0.15, -0.1) is 5.73 Å². The summed E-state index contributed by atoms with van der Waals surface area (Å²) in [6, 6.07) is 34.2. The maximum Gasteiger partial charge on any atom is 0.0175 e. The second kappa shape index (κ2) is 8.89. The number of hydrogen-bond donors (Lipinski definition) is 0. The minimum Gasteiger partial charge on any atom is -0.116 e. The van der Waals surface area contributed by atoms with E-state index in [9.17, 15) is 0 Å². The minimum atomic E-state index is 0.954. The molecule has 0 aliphatic carbocycles. The summed E-state index contributed by atoms with van der Waals surface area (Å²) in [5.74, 6) is 0. The zero-order valence-electron chi connectivity index (χ0n) is 15.6. The quantitative estimate of drug-likeness (QED) is 0.285. The van der Waals surface area contributed by atoms with Gasteiger partial charge in [-0.2, -0.15) is 0 Å². The molecule has 0 bridgehead atoms. The van der Waals surface area contributed by atoms with E-state index in [1.54, 1.807) is 0 Å². The summed E-state index contributed by atoms with van der Waals surface area (Å²) < 4.78 is 1.09. The highest BCUT2D eigenvalue weighted by Crippen LogP contribution is 2.23. The first-order valence-corrected chi connectivity index (χ1v) is 10.3. The van der Waals surface area contributed by atoms with Crippen LogP contribution in [0.3, 0.4) is 0 Å². The largest absolute Gasteiger partial charge is 0.116 e. The van der Waals surface area contributed by atoms with Crippen molar-refractivity contribution in [1.82, 2.24) is 0 Å². The molecule has 4 aromatic carbocycles. The zero-order chi connectivity index (χ0) is 19.2. The first-order chi connectivity index (χ1) is 13.8. The van der Waals surface area contributed by atoms with E-state index in [0.29, 0.717) is 0 Å². The van der Waals surface area contributed by atoms with Crippen LogP contribution >= 0.6 is 15.9 Å². The van der Waals surface area contributed by atoms with Crippen LogP contribution in [0.25, 0.3) is 22.4 Å². The van der Waals surface area contributed by atoms with Gasteiger partial charge in [-0.1, -0.05) is 94.8 Å². The molecule has 0 aliphatic heterocycles. The van der Waals surface area contributed by atoms with Gasteiger partial charge in [0, 0.05) is 10.0 Å². The van der Waals surface area contributed by atoms with Gasteiger partial charge in [-0.05, 0) is 64.6 Å². The van der Waals surface area contributed by atoms with Crippen molar-refractivity contribution in [1.29, 1.82) is 0 Å². The van der Waals surface area contributed by atoms with Gasteiger partial charge in [0.1, 0.15) is 0 Å². The van der Waals surface area contributed by atoms with E-state index in [0.717, 1.165) is 17.3 Å². The molecule has 4 aromatic rings. The summed E-state index contributed by atoms with van der Waals surface area (Å²) in [6.45, 7) is 0. The molecule has 0 spiro atoms. The summed E-state index contributed by atoms with van der Waals surface area (Å²) in [5.41, 5.74) is 8.55. The van der Waals surface area contributed by atoms with Crippen molar-refractivity contribution < 1.29 is 0 Å². The van der Waals surface area contributed by atoms with Crippen LogP contribution in [0.15, 0.2) is 107 Å². The van der Waals surface area contributed by atoms with E-state index in [-0.39, 0.29) is 0 Å². The molecule has 0 fully saturated rings. The van der Waals surface area contributed by atoms with E-state index < -0.39 is 0 Å². The Morgan fingerprint density at radius 2 is 1.46 bits per heavy atom. The van der Waals surface area contributed by atoms with Crippen LogP contribution in [0.5, 0.6) is 0 Å². The first kappa shape index (κ1) is 18.5.